The maximum absolute atomic E-state index is 8.12. The molecule has 0 fully saturated rings. The number of nitrogens with two attached hydrogens (primary N) is 1. The van der Waals surface area contributed by atoms with E-state index in [1.54, 1.807) is 6.33 Å². The van der Waals surface area contributed by atoms with Crippen molar-refractivity contribution >= 4 is 6.15 Å². The molecule has 0 radical (unpaired) electrons. The van der Waals surface area contributed by atoms with Crippen LogP contribution in [0.1, 0.15) is 19.0 Å². The summed E-state index contributed by atoms with van der Waals surface area (Å²) in [6.45, 7) is 2.06. The van der Waals surface area contributed by atoms with Crippen LogP contribution in [0.5, 0.6) is 5.88 Å². The van der Waals surface area contributed by atoms with Crippen LogP contribution in [0.2, 0.25) is 0 Å². The van der Waals surface area contributed by atoms with Crippen LogP contribution in [0.25, 0.3) is 0 Å². The fourth-order valence-corrected chi connectivity index (χ4v) is 0.855. The Morgan fingerprint density at radius 3 is 2.79 bits per heavy atom. The van der Waals surface area contributed by atoms with E-state index in [0.717, 1.165) is 18.5 Å². The predicted octanol–water partition coefficient (Wildman–Crippen LogP) is -0.0372. The van der Waals surface area contributed by atoms with Crippen molar-refractivity contribution < 1.29 is 19.5 Å². The van der Waals surface area contributed by atoms with Gasteiger partial charge < -0.3 is 4.98 Å². The van der Waals surface area contributed by atoms with E-state index in [2.05, 4.69) is 26.8 Å². The Kier molecular flexibility index (Phi) is 6.98. The Labute approximate surface area is 80.1 Å². The van der Waals surface area contributed by atoms with Crippen molar-refractivity contribution in [2.45, 2.75) is 19.8 Å². The molecule has 0 amide bonds. The van der Waals surface area contributed by atoms with Gasteiger partial charge in [-0.2, -0.15) is 20.5 Å². The summed E-state index contributed by atoms with van der Waals surface area (Å²) in [5.41, 5.74) is 0.901. The van der Waals surface area contributed by atoms with Gasteiger partial charge in [-0.15, -0.1) is 0 Å². The average Bonchev–Trinajstić information content (AvgIpc) is 2.56. The maximum Gasteiger partial charge on any atom is 0.373 e. The molecule has 0 saturated carbocycles. The maximum atomic E-state index is 8.12. The lowest BCUT2D eigenvalue weighted by Crippen LogP contribution is -2.05. The Bertz CT molecular complexity index is 260. The molecule has 78 valence electrons. The van der Waals surface area contributed by atoms with E-state index in [0.29, 0.717) is 5.88 Å². The minimum Gasteiger partial charge on any atom is -0.345 e. The van der Waals surface area contributed by atoms with E-state index < -0.39 is 0 Å². The van der Waals surface area contributed by atoms with Crippen molar-refractivity contribution in [1.82, 2.24) is 9.97 Å². The predicted molar refractivity (Wildman–Crippen MR) is 43.5 cm³/mol. The quantitative estimate of drug-likeness (QED) is 0.523. The number of nitrogens with one attached hydrogen (secondary N) is 1. The highest BCUT2D eigenvalue weighted by Gasteiger charge is 2.05. The van der Waals surface area contributed by atoms with Gasteiger partial charge in [0.1, 0.15) is 0 Å². The zero-order chi connectivity index (χ0) is 10.8. The normalized spacial score (nSPS) is 8.43. The SMILES string of the molecule is CCCc1[nH]cnc1OON.O=C=O. The molecule has 7 nitrogen and oxygen atoms in total. The molecule has 14 heavy (non-hydrogen) atoms. The van der Waals surface area contributed by atoms with E-state index in [-0.39, 0.29) is 6.15 Å². The molecule has 1 rings (SSSR count). The molecule has 0 aromatic carbocycles. The molecule has 7 heteroatoms. The van der Waals surface area contributed by atoms with Crippen LogP contribution in [0.15, 0.2) is 6.33 Å². The van der Waals surface area contributed by atoms with Gasteiger partial charge in [0.05, 0.1) is 12.0 Å². The Morgan fingerprint density at radius 2 is 2.29 bits per heavy atom. The lowest BCUT2D eigenvalue weighted by atomic mass is 10.3. The van der Waals surface area contributed by atoms with E-state index >= 15 is 0 Å². The highest BCUT2D eigenvalue weighted by molar-refractivity contribution is 5.20. The molecule has 0 spiro atoms. The van der Waals surface area contributed by atoms with Crippen LogP contribution >= 0.6 is 0 Å². The summed E-state index contributed by atoms with van der Waals surface area (Å²) in [7, 11) is 0. The van der Waals surface area contributed by atoms with Gasteiger partial charge >= 0.3 is 6.15 Å². The summed E-state index contributed by atoms with van der Waals surface area (Å²) in [5, 5.41) is 0. The highest BCUT2D eigenvalue weighted by Crippen LogP contribution is 2.13. The second kappa shape index (κ2) is 7.93. The van der Waals surface area contributed by atoms with Gasteiger partial charge in [0.25, 0.3) is 5.88 Å². The number of nitrogens with zero attached hydrogens (tertiary/aromatic N) is 1. The minimum atomic E-state index is 0.250. The highest BCUT2D eigenvalue weighted by atomic mass is 17.3. The van der Waals surface area contributed by atoms with Crippen LogP contribution in [-0.4, -0.2) is 16.1 Å². The van der Waals surface area contributed by atoms with Crippen molar-refractivity contribution in [3.8, 4) is 5.88 Å². The standard InChI is InChI=1S/C6H11N3O2.CO2/c1-2-3-5-6(10-11-7)9-4-8-5;2-1-3/h4H,2-3,7H2,1H3,(H,8,9);. The number of aromatic nitrogens is 2. The number of hydrogen-bond donors (Lipinski definition) is 2. The van der Waals surface area contributed by atoms with Crippen LogP contribution in [0.4, 0.5) is 0 Å². The van der Waals surface area contributed by atoms with Gasteiger partial charge in [-0.25, -0.2) is 0 Å². The van der Waals surface area contributed by atoms with Gasteiger partial charge in [0, 0.05) is 0 Å². The summed E-state index contributed by atoms with van der Waals surface area (Å²) in [6.07, 6.45) is 3.68. The first-order chi connectivity index (χ1) is 6.79. The zero-order valence-corrected chi connectivity index (χ0v) is 7.65. The first kappa shape index (κ1) is 12.3. The van der Waals surface area contributed by atoms with E-state index in [1.807, 2.05) is 0 Å². The van der Waals surface area contributed by atoms with Gasteiger partial charge in [-0.3, -0.25) is 4.89 Å². The largest absolute Gasteiger partial charge is 0.373 e. The molecule has 0 aliphatic carbocycles. The van der Waals surface area contributed by atoms with Crippen molar-refractivity contribution in [3.63, 3.8) is 0 Å². The molecule has 3 N–H and O–H groups in total. The van der Waals surface area contributed by atoms with Crippen LogP contribution in [-0.2, 0) is 21.0 Å². The van der Waals surface area contributed by atoms with Crippen molar-refractivity contribution in [1.29, 1.82) is 0 Å². The Balaban J connectivity index is 0.000000500. The summed E-state index contributed by atoms with van der Waals surface area (Å²) < 4.78 is 0. The van der Waals surface area contributed by atoms with E-state index in [4.69, 9.17) is 15.5 Å². The molecule has 0 aliphatic rings. The van der Waals surface area contributed by atoms with Gasteiger partial charge in [0.2, 0.25) is 0 Å². The van der Waals surface area contributed by atoms with Crippen molar-refractivity contribution in [2.75, 3.05) is 0 Å². The van der Waals surface area contributed by atoms with Gasteiger partial charge in [0.15, 0.2) is 0 Å². The van der Waals surface area contributed by atoms with Crippen LogP contribution in [0, 0.1) is 0 Å². The third kappa shape index (κ3) is 4.36. The molecular weight excluding hydrogens is 190 g/mol. The molecular formula is C7H11N3O4. The lowest BCUT2D eigenvalue weighted by Gasteiger charge is -1.97. The van der Waals surface area contributed by atoms with Crippen LogP contribution in [0.3, 0.4) is 0 Å². The van der Waals surface area contributed by atoms with Gasteiger partial charge in [-0.1, -0.05) is 18.3 Å². The zero-order valence-electron chi connectivity index (χ0n) is 7.65. The van der Waals surface area contributed by atoms with Crippen LogP contribution < -0.4 is 10.8 Å². The molecule has 0 saturated heterocycles. The third-order valence-corrected chi connectivity index (χ3v) is 1.31. The molecule has 1 heterocycles. The number of H-pyrrole nitrogens is 1. The minimum absolute atomic E-state index is 0.250. The molecule has 0 atom stereocenters. The topological polar surface area (TPSA) is 107 Å². The average molecular weight is 201 g/mol. The Morgan fingerprint density at radius 1 is 1.64 bits per heavy atom. The number of aromatic amines is 1. The first-order valence-electron chi connectivity index (χ1n) is 3.85. The monoisotopic (exact) mass is 201 g/mol. The second-order valence-corrected chi connectivity index (χ2v) is 2.20. The van der Waals surface area contributed by atoms with E-state index in [9.17, 15) is 0 Å². The molecule has 1 aromatic rings. The summed E-state index contributed by atoms with van der Waals surface area (Å²) in [6, 6.07) is 0. The molecule has 0 bridgehead atoms. The first-order valence-corrected chi connectivity index (χ1v) is 3.85. The van der Waals surface area contributed by atoms with Crippen molar-refractivity contribution in [3.05, 3.63) is 12.0 Å². The van der Waals surface area contributed by atoms with Crippen molar-refractivity contribution in [2.24, 2.45) is 5.90 Å². The number of imidazole rings is 1. The smallest absolute Gasteiger partial charge is 0.345 e. The Hall–Kier alpha value is -1.69. The lowest BCUT2D eigenvalue weighted by molar-refractivity contribution is -0.214. The van der Waals surface area contributed by atoms with E-state index in [1.165, 1.54) is 0 Å². The molecule has 1 aromatic heterocycles. The fraction of sp³-hybridized carbons (Fsp3) is 0.429. The summed E-state index contributed by atoms with van der Waals surface area (Å²) in [5.74, 6) is 5.12. The summed E-state index contributed by atoms with van der Waals surface area (Å²) in [4.78, 5) is 31.6. The number of hydrogen-bond acceptors (Lipinski definition) is 6. The van der Waals surface area contributed by atoms with Gasteiger partial charge in [-0.05, 0) is 6.42 Å². The fourth-order valence-electron chi connectivity index (χ4n) is 0.855. The number of carbonyl (C=O) groups excluding carboxylic acids is 2. The third-order valence-electron chi connectivity index (χ3n) is 1.31. The number of rotatable bonds is 4. The number of aryl methyl sites for hydroxylation is 1. The second-order valence-electron chi connectivity index (χ2n) is 2.20. The summed E-state index contributed by atoms with van der Waals surface area (Å²) >= 11 is 0. The molecule has 0 unspecified atom stereocenters. The molecule has 0 aliphatic heterocycles.